The highest BCUT2D eigenvalue weighted by atomic mass is 32.1. The van der Waals surface area contributed by atoms with Crippen LogP contribution in [0.2, 0.25) is 0 Å². The SMILES string of the molecule is Cc1cc(C)cc(CC(=O)c2scnc2C)c1. The number of carbonyl (C=O) groups excluding carboxylic acids is 1. The maximum absolute atomic E-state index is 12.1. The van der Waals surface area contributed by atoms with Crippen molar-refractivity contribution in [1.29, 1.82) is 0 Å². The Balaban J connectivity index is 2.21. The minimum absolute atomic E-state index is 0.162. The molecule has 1 aromatic heterocycles. The van der Waals surface area contributed by atoms with Gasteiger partial charge in [0.05, 0.1) is 16.1 Å². The standard InChI is InChI=1S/C14H15NOS/c1-9-4-10(2)6-12(5-9)7-13(16)14-11(3)15-8-17-14/h4-6,8H,7H2,1-3H3. The largest absolute Gasteiger partial charge is 0.293 e. The first-order valence-electron chi connectivity index (χ1n) is 5.56. The molecule has 88 valence electrons. The fourth-order valence-electron chi connectivity index (χ4n) is 2.01. The van der Waals surface area contributed by atoms with Gasteiger partial charge in [-0.15, -0.1) is 11.3 Å². The highest BCUT2D eigenvalue weighted by Crippen LogP contribution is 2.17. The Morgan fingerprint density at radius 2 is 1.82 bits per heavy atom. The van der Waals surface area contributed by atoms with E-state index in [0.29, 0.717) is 6.42 Å². The molecule has 0 unspecified atom stereocenters. The Hall–Kier alpha value is -1.48. The lowest BCUT2D eigenvalue weighted by molar-refractivity contribution is 0.0996. The van der Waals surface area contributed by atoms with Crippen LogP contribution in [0.4, 0.5) is 0 Å². The summed E-state index contributed by atoms with van der Waals surface area (Å²) in [5.41, 5.74) is 6.05. The van der Waals surface area contributed by atoms with Gasteiger partial charge in [0.25, 0.3) is 0 Å². The first-order valence-corrected chi connectivity index (χ1v) is 6.44. The summed E-state index contributed by atoms with van der Waals surface area (Å²) >= 11 is 1.42. The van der Waals surface area contributed by atoms with Crippen LogP contribution < -0.4 is 0 Å². The van der Waals surface area contributed by atoms with E-state index < -0.39 is 0 Å². The van der Waals surface area contributed by atoms with Crippen molar-refractivity contribution < 1.29 is 4.79 Å². The van der Waals surface area contributed by atoms with E-state index in [0.717, 1.165) is 16.1 Å². The lowest BCUT2D eigenvalue weighted by atomic mass is 10.0. The molecule has 17 heavy (non-hydrogen) atoms. The van der Waals surface area contributed by atoms with E-state index in [1.54, 1.807) is 5.51 Å². The molecule has 0 spiro atoms. The Bertz CT molecular complexity index is 537. The first-order chi connectivity index (χ1) is 8.06. The van der Waals surface area contributed by atoms with Gasteiger partial charge < -0.3 is 0 Å². The molecule has 0 radical (unpaired) electrons. The molecule has 3 heteroatoms. The van der Waals surface area contributed by atoms with E-state index in [1.807, 2.05) is 6.92 Å². The molecular formula is C14H15NOS. The quantitative estimate of drug-likeness (QED) is 0.775. The summed E-state index contributed by atoms with van der Waals surface area (Å²) in [5, 5.41) is 0. The summed E-state index contributed by atoms with van der Waals surface area (Å²) in [6, 6.07) is 6.26. The average Bonchev–Trinajstić information content (AvgIpc) is 2.62. The molecule has 0 aliphatic heterocycles. The van der Waals surface area contributed by atoms with Gasteiger partial charge in [-0.2, -0.15) is 0 Å². The van der Waals surface area contributed by atoms with Gasteiger partial charge in [-0.3, -0.25) is 4.79 Å². The number of thiazole rings is 1. The predicted octanol–water partition coefficient (Wildman–Crippen LogP) is 3.49. The molecule has 2 aromatic rings. The van der Waals surface area contributed by atoms with Gasteiger partial charge >= 0.3 is 0 Å². The monoisotopic (exact) mass is 245 g/mol. The Kier molecular flexibility index (Phi) is 3.38. The third-order valence-corrected chi connectivity index (χ3v) is 3.61. The zero-order valence-corrected chi connectivity index (χ0v) is 11.1. The van der Waals surface area contributed by atoms with Gasteiger partial charge in [-0.25, -0.2) is 4.98 Å². The first kappa shape index (κ1) is 12.0. The normalized spacial score (nSPS) is 10.5. The molecule has 2 nitrogen and oxygen atoms in total. The molecule has 0 aliphatic carbocycles. The van der Waals surface area contributed by atoms with Crippen molar-refractivity contribution in [2.45, 2.75) is 27.2 Å². The molecule has 0 atom stereocenters. The van der Waals surface area contributed by atoms with Crippen LogP contribution in [-0.4, -0.2) is 10.8 Å². The zero-order chi connectivity index (χ0) is 12.4. The van der Waals surface area contributed by atoms with Crippen LogP contribution in [0.25, 0.3) is 0 Å². The number of ketones is 1. The van der Waals surface area contributed by atoms with Crippen LogP contribution in [0.3, 0.4) is 0 Å². The van der Waals surface area contributed by atoms with Crippen molar-refractivity contribution in [3.63, 3.8) is 0 Å². The Morgan fingerprint density at radius 1 is 1.18 bits per heavy atom. The number of hydrogen-bond donors (Lipinski definition) is 0. The van der Waals surface area contributed by atoms with E-state index in [2.05, 4.69) is 37.0 Å². The predicted molar refractivity (Wildman–Crippen MR) is 70.8 cm³/mol. The third kappa shape index (κ3) is 2.80. The van der Waals surface area contributed by atoms with Crippen LogP contribution in [0.1, 0.15) is 32.1 Å². The maximum Gasteiger partial charge on any atom is 0.179 e. The van der Waals surface area contributed by atoms with Crippen molar-refractivity contribution in [3.05, 3.63) is 51.0 Å². The average molecular weight is 245 g/mol. The van der Waals surface area contributed by atoms with E-state index in [9.17, 15) is 4.79 Å². The van der Waals surface area contributed by atoms with Crippen molar-refractivity contribution in [2.24, 2.45) is 0 Å². The van der Waals surface area contributed by atoms with Gasteiger partial charge in [0, 0.05) is 6.42 Å². The molecular weight excluding hydrogens is 230 g/mol. The van der Waals surface area contributed by atoms with Gasteiger partial charge in [0.1, 0.15) is 0 Å². The van der Waals surface area contributed by atoms with E-state index >= 15 is 0 Å². The second-order valence-corrected chi connectivity index (χ2v) is 5.22. The van der Waals surface area contributed by atoms with Crippen LogP contribution in [0.5, 0.6) is 0 Å². The topological polar surface area (TPSA) is 30.0 Å². The molecule has 0 aliphatic rings. The van der Waals surface area contributed by atoms with Crippen LogP contribution in [-0.2, 0) is 6.42 Å². The number of hydrogen-bond acceptors (Lipinski definition) is 3. The fraction of sp³-hybridized carbons (Fsp3) is 0.286. The van der Waals surface area contributed by atoms with Gasteiger partial charge in [0.15, 0.2) is 5.78 Å². The second-order valence-electron chi connectivity index (χ2n) is 4.36. The highest BCUT2D eigenvalue weighted by Gasteiger charge is 2.12. The summed E-state index contributed by atoms with van der Waals surface area (Å²) in [4.78, 5) is 17.0. The number of nitrogens with zero attached hydrogens (tertiary/aromatic N) is 1. The molecule has 0 amide bonds. The minimum Gasteiger partial charge on any atom is -0.293 e. The molecule has 1 aromatic carbocycles. The van der Waals surface area contributed by atoms with Crippen LogP contribution in [0.15, 0.2) is 23.7 Å². The lowest BCUT2D eigenvalue weighted by Gasteiger charge is -2.04. The van der Waals surface area contributed by atoms with Gasteiger partial charge in [-0.05, 0) is 26.3 Å². The number of aromatic nitrogens is 1. The Labute approximate surface area is 105 Å². The summed E-state index contributed by atoms with van der Waals surface area (Å²) < 4.78 is 0. The molecule has 0 saturated carbocycles. The molecule has 0 saturated heterocycles. The van der Waals surface area contributed by atoms with E-state index in [1.165, 1.54) is 22.5 Å². The van der Waals surface area contributed by atoms with Crippen molar-refractivity contribution in [2.75, 3.05) is 0 Å². The van der Waals surface area contributed by atoms with Crippen LogP contribution in [0, 0.1) is 20.8 Å². The van der Waals surface area contributed by atoms with E-state index in [4.69, 9.17) is 0 Å². The molecule has 0 N–H and O–H groups in total. The van der Waals surface area contributed by atoms with Gasteiger partial charge in [0.2, 0.25) is 0 Å². The summed E-state index contributed by atoms with van der Waals surface area (Å²) in [6.45, 7) is 5.99. The number of aryl methyl sites for hydroxylation is 3. The molecule has 2 rings (SSSR count). The number of benzene rings is 1. The summed E-state index contributed by atoms with van der Waals surface area (Å²) in [6.07, 6.45) is 0.464. The summed E-state index contributed by atoms with van der Waals surface area (Å²) in [5.74, 6) is 0.162. The number of Topliss-reactive ketones (excluding diaryl/α,β-unsaturated/α-hetero) is 1. The second kappa shape index (κ2) is 4.80. The Morgan fingerprint density at radius 3 is 2.35 bits per heavy atom. The highest BCUT2D eigenvalue weighted by molar-refractivity contribution is 7.11. The van der Waals surface area contributed by atoms with E-state index in [-0.39, 0.29) is 5.78 Å². The maximum atomic E-state index is 12.1. The lowest BCUT2D eigenvalue weighted by Crippen LogP contribution is -2.03. The smallest absolute Gasteiger partial charge is 0.179 e. The minimum atomic E-state index is 0.162. The number of rotatable bonds is 3. The van der Waals surface area contributed by atoms with Crippen LogP contribution >= 0.6 is 11.3 Å². The zero-order valence-electron chi connectivity index (χ0n) is 10.3. The van der Waals surface area contributed by atoms with Crippen molar-refractivity contribution >= 4 is 17.1 Å². The van der Waals surface area contributed by atoms with Gasteiger partial charge in [-0.1, -0.05) is 29.3 Å². The van der Waals surface area contributed by atoms with Crippen molar-refractivity contribution in [3.8, 4) is 0 Å². The molecule has 0 fully saturated rings. The fourth-order valence-corrected chi connectivity index (χ4v) is 2.75. The number of carbonyl (C=O) groups is 1. The third-order valence-electron chi connectivity index (χ3n) is 2.64. The summed E-state index contributed by atoms with van der Waals surface area (Å²) in [7, 11) is 0. The molecule has 1 heterocycles. The molecule has 0 bridgehead atoms. The van der Waals surface area contributed by atoms with Crippen molar-refractivity contribution in [1.82, 2.24) is 4.98 Å².